The van der Waals surface area contributed by atoms with Crippen LogP contribution in [-0.2, 0) is 0 Å². The van der Waals surface area contributed by atoms with Crippen LogP contribution in [0.15, 0.2) is 60.7 Å². The van der Waals surface area contributed by atoms with Crippen LogP contribution in [0.2, 0.25) is 0 Å². The molecular weight excluding hydrogens is 312 g/mol. The van der Waals surface area contributed by atoms with Crippen LogP contribution in [0.5, 0.6) is 11.5 Å². The number of aryl methyl sites for hydroxylation is 1. The van der Waals surface area contributed by atoms with Crippen LogP contribution in [0.3, 0.4) is 0 Å². The summed E-state index contributed by atoms with van der Waals surface area (Å²) in [5.74, 6) is 3.94. The number of nitrogens with one attached hydrogen (secondary N) is 2. The summed E-state index contributed by atoms with van der Waals surface area (Å²) in [5.41, 5.74) is 0.944. The van der Waals surface area contributed by atoms with Gasteiger partial charge < -0.3 is 15.4 Å². The van der Waals surface area contributed by atoms with Crippen molar-refractivity contribution in [3.05, 3.63) is 66.5 Å². The fourth-order valence-corrected chi connectivity index (χ4v) is 2.35. The van der Waals surface area contributed by atoms with Gasteiger partial charge in [0, 0.05) is 18.3 Å². The van der Waals surface area contributed by atoms with E-state index in [-0.39, 0.29) is 0 Å². The van der Waals surface area contributed by atoms with Gasteiger partial charge in [0.25, 0.3) is 0 Å². The predicted molar refractivity (Wildman–Crippen MR) is 102 cm³/mol. The molecule has 0 bridgehead atoms. The number of hydrogen-bond donors (Lipinski definition) is 2. The summed E-state index contributed by atoms with van der Waals surface area (Å²) in [6.45, 7) is 4.90. The lowest BCUT2D eigenvalue weighted by atomic mass is 10.3. The molecule has 0 atom stereocenters. The Hall–Kier alpha value is -3.08. The molecule has 5 heteroatoms. The van der Waals surface area contributed by atoms with Gasteiger partial charge in [-0.15, -0.1) is 0 Å². The molecule has 2 aromatic carbocycles. The highest BCUT2D eigenvalue weighted by Gasteiger charge is 2.03. The SMILES string of the molecule is CCCNc1cc(Nc2ccc(Oc3ccccc3)cc2)nc(C)n1. The number of anilines is 3. The van der Waals surface area contributed by atoms with Crippen LogP contribution >= 0.6 is 0 Å². The van der Waals surface area contributed by atoms with Crippen molar-refractivity contribution in [2.75, 3.05) is 17.2 Å². The molecule has 3 rings (SSSR count). The Bertz CT molecular complexity index is 804. The topological polar surface area (TPSA) is 59.1 Å². The van der Waals surface area contributed by atoms with Crippen molar-refractivity contribution >= 4 is 17.3 Å². The molecule has 0 fully saturated rings. The first kappa shape index (κ1) is 16.8. The number of benzene rings is 2. The summed E-state index contributed by atoms with van der Waals surface area (Å²) in [6, 6.07) is 19.4. The van der Waals surface area contributed by atoms with Crippen molar-refractivity contribution in [3.63, 3.8) is 0 Å². The summed E-state index contributed by atoms with van der Waals surface area (Å²) in [6.07, 6.45) is 1.05. The Balaban J connectivity index is 1.68. The minimum Gasteiger partial charge on any atom is -0.457 e. The normalized spacial score (nSPS) is 10.3. The number of hydrogen-bond acceptors (Lipinski definition) is 5. The molecule has 0 aliphatic carbocycles. The van der Waals surface area contributed by atoms with E-state index in [1.165, 1.54) is 0 Å². The third kappa shape index (κ3) is 4.94. The lowest BCUT2D eigenvalue weighted by Gasteiger charge is -2.10. The van der Waals surface area contributed by atoms with Gasteiger partial charge in [0.1, 0.15) is 29.0 Å². The molecule has 25 heavy (non-hydrogen) atoms. The molecular formula is C20H22N4O. The molecule has 3 aromatic rings. The molecule has 5 nitrogen and oxygen atoms in total. The zero-order valence-corrected chi connectivity index (χ0v) is 14.5. The summed E-state index contributed by atoms with van der Waals surface area (Å²) in [4.78, 5) is 8.83. The Labute approximate surface area is 148 Å². The van der Waals surface area contributed by atoms with E-state index in [4.69, 9.17) is 4.74 Å². The van der Waals surface area contributed by atoms with E-state index in [1.54, 1.807) is 0 Å². The van der Waals surface area contributed by atoms with Crippen LogP contribution in [-0.4, -0.2) is 16.5 Å². The average molecular weight is 334 g/mol. The van der Waals surface area contributed by atoms with Crippen molar-refractivity contribution in [1.82, 2.24) is 9.97 Å². The van der Waals surface area contributed by atoms with Crippen LogP contribution in [0.4, 0.5) is 17.3 Å². The third-order valence-corrected chi connectivity index (χ3v) is 3.50. The lowest BCUT2D eigenvalue weighted by molar-refractivity contribution is 0.483. The minimum absolute atomic E-state index is 0.729. The van der Waals surface area contributed by atoms with E-state index >= 15 is 0 Å². The zero-order chi connectivity index (χ0) is 17.5. The monoisotopic (exact) mass is 334 g/mol. The highest BCUT2D eigenvalue weighted by atomic mass is 16.5. The van der Waals surface area contributed by atoms with Crippen molar-refractivity contribution in [2.24, 2.45) is 0 Å². The van der Waals surface area contributed by atoms with E-state index in [0.717, 1.165) is 47.6 Å². The van der Waals surface area contributed by atoms with E-state index in [9.17, 15) is 0 Å². The maximum atomic E-state index is 5.80. The molecule has 0 amide bonds. The summed E-state index contributed by atoms with van der Waals surface area (Å²) in [7, 11) is 0. The maximum absolute atomic E-state index is 5.80. The van der Waals surface area contributed by atoms with Crippen LogP contribution in [0.1, 0.15) is 19.2 Å². The third-order valence-electron chi connectivity index (χ3n) is 3.50. The van der Waals surface area contributed by atoms with E-state index in [1.807, 2.05) is 67.6 Å². The molecule has 1 aromatic heterocycles. The van der Waals surface area contributed by atoms with Gasteiger partial charge in [-0.25, -0.2) is 9.97 Å². The minimum atomic E-state index is 0.729. The predicted octanol–water partition coefficient (Wildman–Crippen LogP) is 5.14. The number of aromatic nitrogens is 2. The van der Waals surface area contributed by atoms with Crippen LogP contribution in [0.25, 0.3) is 0 Å². The Morgan fingerprint density at radius 3 is 2.28 bits per heavy atom. The van der Waals surface area contributed by atoms with Crippen molar-refractivity contribution < 1.29 is 4.74 Å². The summed E-state index contributed by atoms with van der Waals surface area (Å²) >= 11 is 0. The standard InChI is InChI=1S/C20H22N4O/c1-3-13-21-19-14-20(23-15(2)22-19)24-16-9-11-18(12-10-16)25-17-7-5-4-6-8-17/h4-12,14H,3,13H2,1-2H3,(H2,21,22,23,24). The zero-order valence-electron chi connectivity index (χ0n) is 14.5. The van der Waals surface area contributed by atoms with E-state index < -0.39 is 0 Å². The first-order valence-corrected chi connectivity index (χ1v) is 8.42. The number of para-hydroxylation sites is 1. The second kappa shape index (κ2) is 8.15. The Morgan fingerprint density at radius 1 is 0.880 bits per heavy atom. The van der Waals surface area contributed by atoms with Crippen molar-refractivity contribution in [3.8, 4) is 11.5 Å². The highest BCUT2D eigenvalue weighted by molar-refractivity contribution is 5.60. The highest BCUT2D eigenvalue weighted by Crippen LogP contribution is 2.24. The molecule has 0 aliphatic heterocycles. The van der Waals surface area contributed by atoms with Gasteiger partial charge in [-0.1, -0.05) is 25.1 Å². The molecule has 0 saturated carbocycles. The molecule has 2 N–H and O–H groups in total. The maximum Gasteiger partial charge on any atom is 0.136 e. The van der Waals surface area contributed by atoms with Gasteiger partial charge in [-0.3, -0.25) is 0 Å². The fourth-order valence-electron chi connectivity index (χ4n) is 2.35. The molecule has 0 saturated heterocycles. The molecule has 0 aliphatic rings. The molecule has 0 radical (unpaired) electrons. The number of nitrogens with zero attached hydrogens (tertiary/aromatic N) is 2. The van der Waals surface area contributed by atoms with E-state index in [0.29, 0.717) is 0 Å². The number of ether oxygens (including phenoxy) is 1. The van der Waals surface area contributed by atoms with Gasteiger partial charge in [-0.05, 0) is 49.7 Å². The molecule has 0 unspecified atom stereocenters. The van der Waals surface area contributed by atoms with Crippen molar-refractivity contribution in [2.45, 2.75) is 20.3 Å². The number of rotatable bonds is 7. The molecule has 0 spiro atoms. The average Bonchev–Trinajstić information content (AvgIpc) is 2.62. The lowest BCUT2D eigenvalue weighted by Crippen LogP contribution is -2.05. The van der Waals surface area contributed by atoms with Gasteiger partial charge in [0.2, 0.25) is 0 Å². The van der Waals surface area contributed by atoms with Crippen LogP contribution < -0.4 is 15.4 Å². The quantitative estimate of drug-likeness (QED) is 0.626. The Kier molecular flexibility index (Phi) is 5.46. The second-order valence-corrected chi connectivity index (χ2v) is 5.68. The molecule has 128 valence electrons. The van der Waals surface area contributed by atoms with Crippen molar-refractivity contribution in [1.29, 1.82) is 0 Å². The van der Waals surface area contributed by atoms with Crippen LogP contribution in [0, 0.1) is 6.92 Å². The molecule has 1 heterocycles. The van der Waals surface area contributed by atoms with E-state index in [2.05, 4.69) is 27.5 Å². The van der Waals surface area contributed by atoms with Gasteiger partial charge in [0.15, 0.2) is 0 Å². The summed E-state index contributed by atoms with van der Waals surface area (Å²) < 4.78 is 5.80. The fraction of sp³-hybridized carbons (Fsp3) is 0.200. The van der Waals surface area contributed by atoms with Gasteiger partial charge in [0.05, 0.1) is 0 Å². The smallest absolute Gasteiger partial charge is 0.136 e. The van der Waals surface area contributed by atoms with Gasteiger partial charge in [-0.2, -0.15) is 0 Å². The second-order valence-electron chi connectivity index (χ2n) is 5.68. The first-order chi connectivity index (χ1) is 12.2. The Morgan fingerprint density at radius 2 is 1.56 bits per heavy atom. The largest absolute Gasteiger partial charge is 0.457 e. The summed E-state index contributed by atoms with van der Waals surface area (Å²) in [5, 5.41) is 6.59. The van der Waals surface area contributed by atoms with Gasteiger partial charge >= 0.3 is 0 Å². The first-order valence-electron chi connectivity index (χ1n) is 8.42.